The number of benzene rings is 1. The van der Waals surface area contributed by atoms with Gasteiger partial charge in [0.25, 0.3) is 5.88 Å². The van der Waals surface area contributed by atoms with Crippen molar-refractivity contribution in [1.29, 1.82) is 0 Å². The Hall–Kier alpha value is -2.07. The van der Waals surface area contributed by atoms with E-state index < -0.39 is 59.0 Å². The Labute approximate surface area is 181 Å². The topological polar surface area (TPSA) is 62.3 Å². The number of hydrogen-bond donors (Lipinski definition) is 1. The lowest BCUT2D eigenvalue weighted by Crippen LogP contribution is -2.41. The van der Waals surface area contributed by atoms with Crippen LogP contribution in [0.2, 0.25) is 5.02 Å². The van der Waals surface area contributed by atoms with Gasteiger partial charge in [0.05, 0.1) is 5.75 Å². The minimum atomic E-state index is -5.77. The second-order valence-electron chi connectivity index (χ2n) is 5.93. The molecule has 5 nitrogen and oxygen atoms in total. The molecule has 0 aliphatic rings. The number of nitrogen functional groups attached to an aromatic ring is 1. The monoisotopic (exact) mass is 521 g/mol. The molecule has 1 heterocycles. The summed E-state index contributed by atoms with van der Waals surface area (Å²) in [7, 11) is 0. The van der Waals surface area contributed by atoms with Crippen molar-refractivity contribution in [3.8, 4) is 11.6 Å². The molecule has 2 aromatic rings. The number of thioether (sulfide) groups is 1. The van der Waals surface area contributed by atoms with Gasteiger partial charge in [0.15, 0.2) is 0 Å². The van der Waals surface area contributed by atoms with Gasteiger partial charge in [0, 0.05) is 4.90 Å². The van der Waals surface area contributed by atoms with Crippen molar-refractivity contribution < 1.29 is 53.4 Å². The molecule has 0 radical (unpaired) electrons. The van der Waals surface area contributed by atoms with E-state index in [1.54, 1.807) is 0 Å². The Morgan fingerprint density at radius 1 is 1.16 bits per heavy atom. The Bertz CT molecular complexity index is 980. The van der Waals surface area contributed by atoms with Gasteiger partial charge in [0.1, 0.15) is 22.3 Å². The van der Waals surface area contributed by atoms with Crippen LogP contribution in [0, 0.1) is 12.7 Å². The molecule has 0 bridgehead atoms. The number of ether oxygens (including phenoxy) is 2. The molecule has 0 amide bonds. The van der Waals surface area contributed by atoms with Crippen molar-refractivity contribution in [2.45, 2.75) is 36.8 Å². The number of aromatic nitrogens is 2. The maximum atomic E-state index is 14.4. The predicted octanol–water partition coefficient (Wildman–Crippen LogP) is 6.01. The highest BCUT2D eigenvalue weighted by Gasteiger charge is 2.51. The molecule has 0 saturated carbocycles. The Kier molecular flexibility index (Phi) is 7.41. The van der Waals surface area contributed by atoms with Gasteiger partial charge >= 0.3 is 25.0 Å². The number of alkyl halides is 9. The van der Waals surface area contributed by atoms with Crippen LogP contribution in [-0.2, 0) is 4.74 Å². The van der Waals surface area contributed by atoms with Gasteiger partial charge in [-0.3, -0.25) is 0 Å². The van der Waals surface area contributed by atoms with Crippen LogP contribution in [0.15, 0.2) is 17.0 Å². The largest absolute Gasteiger partial charge is 0.525 e. The number of halogens is 11. The molecule has 0 aliphatic carbocycles. The lowest BCUT2D eigenvalue weighted by molar-refractivity contribution is -0.411. The van der Waals surface area contributed by atoms with E-state index in [1.807, 2.05) is 0 Å². The molecule has 2 rings (SSSR count). The molecule has 180 valence electrons. The van der Waals surface area contributed by atoms with E-state index in [0.717, 1.165) is 12.1 Å². The molecule has 1 aromatic carbocycles. The molecule has 32 heavy (non-hydrogen) atoms. The number of nitrogens with zero attached hydrogens (tertiary/aromatic N) is 2. The van der Waals surface area contributed by atoms with Gasteiger partial charge in [0.2, 0.25) is 0 Å². The molecule has 1 aromatic heterocycles. The Morgan fingerprint density at radius 3 is 2.28 bits per heavy atom. The molecule has 2 N–H and O–H groups in total. The molecule has 0 saturated heterocycles. The lowest BCUT2D eigenvalue weighted by atomic mass is 10.2. The first kappa shape index (κ1) is 26.2. The van der Waals surface area contributed by atoms with E-state index >= 15 is 0 Å². The van der Waals surface area contributed by atoms with Crippen LogP contribution in [0.1, 0.15) is 5.56 Å². The summed E-state index contributed by atoms with van der Waals surface area (Å²) < 4.78 is 135. The molecule has 0 fully saturated rings. The zero-order valence-electron chi connectivity index (χ0n) is 15.3. The first-order valence-corrected chi connectivity index (χ1v) is 9.27. The van der Waals surface area contributed by atoms with E-state index in [2.05, 4.69) is 14.6 Å². The van der Waals surface area contributed by atoms with E-state index in [-0.39, 0.29) is 22.2 Å². The zero-order valence-corrected chi connectivity index (χ0v) is 16.9. The summed E-state index contributed by atoms with van der Waals surface area (Å²) in [5.74, 6) is -4.63. The van der Waals surface area contributed by atoms with E-state index in [4.69, 9.17) is 17.3 Å². The number of anilines is 1. The van der Waals surface area contributed by atoms with Crippen molar-refractivity contribution in [3.63, 3.8) is 0 Å². The van der Waals surface area contributed by atoms with Crippen LogP contribution in [-0.4, -0.2) is 40.5 Å². The molecule has 0 aliphatic heterocycles. The second-order valence-corrected chi connectivity index (χ2v) is 7.33. The summed E-state index contributed by atoms with van der Waals surface area (Å²) in [6.45, 7) is 1.29. The first-order valence-electron chi connectivity index (χ1n) is 7.91. The van der Waals surface area contributed by atoms with E-state index in [1.165, 1.54) is 6.92 Å². The van der Waals surface area contributed by atoms with Crippen molar-refractivity contribution in [3.05, 3.63) is 28.5 Å². The van der Waals surface area contributed by atoms with E-state index in [9.17, 15) is 43.9 Å². The fraction of sp³-hybridized carbons (Fsp3) is 0.400. The van der Waals surface area contributed by atoms with Gasteiger partial charge < -0.3 is 10.5 Å². The highest BCUT2D eigenvalue weighted by atomic mass is 35.5. The molecule has 1 unspecified atom stereocenters. The third-order valence-corrected chi connectivity index (χ3v) is 5.01. The summed E-state index contributed by atoms with van der Waals surface area (Å²) in [6.07, 6.45) is -19.9. The third-order valence-electron chi connectivity index (χ3n) is 3.43. The van der Waals surface area contributed by atoms with Crippen LogP contribution < -0.4 is 10.5 Å². The van der Waals surface area contributed by atoms with Crippen LogP contribution in [0.4, 0.5) is 49.7 Å². The van der Waals surface area contributed by atoms with Crippen LogP contribution in [0.25, 0.3) is 5.69 Å². The fourth-order valence-electron chi connectivity index (χ4n) is 2.12. The first-order chi connectivity index (χ1) is 14.4. The van der Waals surface area contributed by atoms with Gasteiger partial charge in [-0.05, 0) is 24.6 Å². The van der Waals surface area contributed by atoms with Crippen LogP contribution in [0.3, 0.4) is 0 Å². The van der Waals surface area contributed by atoms with Crippen molar-refractivity contribution in [1.82, 2.24) is 9.78 Å². The standard InChI is InChI=1S/C15H10ClF10N3O2S/c1-5-2-6(17)7(3-8(5)32-4-13(19,20)21)29-10(27)9(16)11(28-29)30-14(22,23)12(18)31-15(24,25)26/h2-3,12H,4,27H2,1H3. The van der Waals surface area contributed by atoms with E-state index in [0.29, 0.717) is 4.68 Å². The van der Waals surface area contributed by atoms with Crippen molar-refractivity contribution in [2.75, 3.05) is 11.5 Å². The van der Waals surface area contributed by atoms with Crippen molar-refractivity contribution >= 4 is 29.2 Å². The summed E-state index contributed by atoms with van der Waals surface area (Å²) in [6, 6.07) is 1.65. The summed E-state index contributed by atoms with van der Waals surface area (Å²) in [5.41, 5.74) is 4.95. The predicted molar refractivity (Wildman–Crippen MR) is 92.1 cm³/mol. The van der Waals surface area contributed by atoms with Gasteiger partial charge in [-0.15, -0.1) is 30.0 Å². The van der Waals surface area contributed by atoms with Gasteiger partial charge in [-0.25, -0.2) is 18.2 Å². The fourth-order valence-corrected chi connectivity index (χ4v) is 3.08. The molecular formula is C15H10ClF10N3O2S. The number of nitrogens with two attached hydrogens (primary N) is 1. The normalized spacial score (nSPS) is 14.0. The summed E-state index contributed by atoms with van der Waals surface area (Å²) in [5, 5.41) is 2.30. The number of aryl methyl sites for hydroxylation is 1. The number of hydrogen-bond acceptors (Lipinski definition) is 5. The maximum absolute atomic E-state index is 14.4. The highest BCUT2D eigenvalue weighted by molar-refractivity contribution is 7.99. The average molecular weight is 522 g/mol. The minimum Gasteiger partial charge on any atom is -0.407 e. The molecule has 1 atom stereocenters. The molecule has 17 heteroatoms. The minimum absolute atomic E-state index is 0.0834. The highest BCUT2D eigenvalue weighted by Crippen LogP contribution is 2.39. The summed E-state index contributed by atoms with van der Waals surface area (Å²) in [4.78, 5) is -0.0834. The smallest absolute Gasteiger partial charge is 0.407 e. The quantitative estimate of drug-likeness (QED) is 0.357. The Morgan fingerprint density at radius 2 is 1.75 bits per heavy atom. The van der Waals surface area contributed by atoms with Crippen molar-refractivity contribution in [2.24, 2.45) is 0 Å². The third kappa shape index (κ3) is 6.48. The number of rotatable bonds is 7. The van der Waals surface area contributed by atoms with Crippen LogP contribution in [0.5, 0.6) is 5.88 Å². The second kappa shape index (κ2) is 9.05. The average Bonchev–Trinajstić information content (AvgIpc) is 2.86. The maximum Gasteiger partial charge on any atom is 0.525 e. The molecule has 0 spiro atoms. The lowest BCUT2D eigenvalue weighted by Gasteiger charge is -2.21. The van der Waals surface area contributed by atoms with Crippen LogP contribution >= 0.6 is 23.4 Å². The molecular weight excluding hydrogens is 512 g/mol. The Balaban J connectivity index is 2.40. The zero-order chi connectivity index (χ0) is 24.6. The van der Waals surface area contributed by atoms with Gasteiger partial charge in [-0.1, -0.05) is 11.6 Å². The summed E-state index contributed by atoms with van der Waals surface area (Å²) >= 11 is 5.90. The SMILES string of the molecule is Cc1cc(F)c(-n2nc(OC(F)(F)C(F)OC(F)(F)F)c(Cl)c2N)cc1SCC(F)(F)F. The van der Waals surface area contributed by atoms with Gasteiger partial charge in [-0.2, -0.15) is 22.0 Å².